The number of piperidine rings is 1. The van der Waals surface area contributed by atoms with Crippen LogP contribution in [0.25, 0.3) is 6.08 Å². The van der Waals surface area contributed by atoms with Gasteiger partial charge in [-0.3, -0.25) is 15.0 Å². The number of likely N-dealkylation sites (tertiary alicyclic amines) is 1. The number of amides is 1. The quantitative estimate of drug-likeness (QED) is 0.411. The molecule has 7 heteroatoms. The van der Waals surface area contributed by atoms with Crippen molar-refractivity contribution in [3.05, 3.63) is 24.2 Å². The molecule has 1 aromatic heterocycles. The van der Waals surface area contributed by atoms with Crippen LogP contribution in [0.4, 0.5) is 5.82 Å². The van der Waals surface area contributed by atoms with Crippen molar-refractivity contribution in [2.24, 2.45) is 5.92 Å². The molecule has 26 heavy (non-hydrogen) atoms. The van der Waals surface area contributed by atoms with Crippen LogP contribution in [0.2, 0.25) is 0 Å². The molecule has 2 heterocycles. The smallest absolute Gasteiger partial charge is 0.267 e. The Morgan fingerprint density at radius 1 is 1.19 bits per heavy atom. The van der Waals surface area contributed by atoms with E-state index in [1.807, 2.05) is 0 Å². The Kier molecular flexibility index (Phi) is 6.96. The van der Waals surface area contributed by atoms with Crippen LogP contribution in [0, 0.1) is 5.92 Å². The first-order chi connectivity index (χ1) is 12.7. The van der Waals surface area contributed by atoms with E-state index in [9.17, 15) is 4.79 Å². The molecule has 1 aliphatic heterocycles. The van der Waals surface area contributed by atoms with Gasteiger partial charge in [0.05, 0.1) is 18.1 Å². The summed E-state index contributed by atoms with van der Waals surface area (Å²) in [4.78, 5) is 22.2. The monoisotopic (exact) mass is 359 g/mol. The van der Waals surface area contributed by atoms with Crippen molar-refractivity contribution in [3.8, 4) is 0 Å². The highest BCUT2D eigenvalue weighted by atomic mass is 16.5. The Labute approximate surface area is 154 Å². The van der Waals surface area contributed by atoms with Crippen LogP contribution in [0.5, 0.6) is 0 Å². The molecule has 2 aliphatic rings. The van der Waals surface area contributed by atoms with E-state index >= 15 is 0 Å². The molecule has 0 aromatic carbocycles. The summed E-state index contributed by atoms with van der Waals surface area (Å²) < 4.78 is 0. The Balaban J connectivity index is 1.48. The highest BCUT2D eigenvalue weighted by Crippen LogP contribution is 2.25. The van der Waals surface area contributed by atoms with Crippen molar-refractivity contribution >= 4 is 17.8 Å². The molecule has 1 aromatic rings. The maximum atomic E-state index is 11.0. The fourth-order valence-electron chi connectivity index (χ4n) is 3.98. The van der Waals surface area contributed by atoms with E-state index in [4.69, 9.17) is 5.21 Å². The van der Waals surface area contributed by atoms with E-state index in [1.165, 1.54) is 63.8 Å². The molecule has 1 aliphatic carbocycles. The van der Waals surface area contributed by atoms with Gasteiger partial charge in [0.2, 0.25) is 0 Å². The fourth-order valence-corrected chi connectivity index (χ4v) is 3.98. The predicted molar refractivity (Wildman–Crippen MR) is 101 cm³/mol. The number of hydrogen-bond acceptors (Lipinski definition) is 6. The van der Waals surface area contributed by atoms with Crippen LogP contribution >= 0.6 is 0 Å². The zero-order valence-corrected chi connectivity index (χ0v) is 15.2. The third-order valence-corrected chi connectivity index (χ3v) is 5.29. The van der Waals surface area contributed by atoms with Crippen molar-refractivity contribution in [2.45, 2.75) is 51.0 Å². The summed E-state index contributed by atoms with van der Waals surface area (Å²) in [6.07, 6.45) is 15.4. The minimum absolute atomic E-state index is 0.406. The second-order valence-electron chi connectivity index (χ2n) is 7.38. The van der Waals surface area contributed by atoms with Gasteiger partial charge in [0.25, 0.3) is 5.91 Å². The van der Waals surface area contributed by atoms with E-state index in [0.717, 1.165) is 24.7 Å². The molecule has 0 spiro atoms. The Morgan fingerprint density at radius 3 is 2.77 bits per heavy atom. The van der Waals surface area contributed by atoms with Crippen LogP contribution < -0.4 is 10.8 Å². The normalized spacial score (nSPS) is 22.4. The highest BCUT2D eigenvalue weighted by molar-refractivity contribution is 5.90. The maximum absolute atomic E-state index is 11.0. The Hall–Kier alpha value is -1.99. The van der Waals surface area contributed by atoms with Gasteiger partial charge >= 0.3 is 0 Å². The van der Waals surface area contributed by atoms with Crippen molar-refractivity contribution < 1.29 is 10.0 Å². The van der Waals surface area contributed by atoms with Crippen molar-refractivity contribution in [3.63, 3.8) is 0 Å². The number of nitrogens with zero attached hydrogens (tertiary/aromatic N) is 3. The summed E-state index contributed by atoms with van der Waals surface area (Å²) in [5, 5.41) is 12.0. The minimum atomic E-state index is -0.589. The summed E-state index contributed by atoms with van der Waals surface area (Å²) in [7, 11) is 0. The van der Waals surface area contributed by atoms with Gasteiger partial charge in [0.15, 0.2) is 0 Å². The van der Waals surface area contributed by atoms with Gasteiger partial charge in [-0.05, 0) is 44.2 Å². The van der Waals surface area contributed by atoms with Gasteiger partial charge in [-0.2, -0.15) is 0 Å². The predicted octanol–water partition coefficient (Wildman–Crippen LogP) is 2.45. The van der Waals surface area contributed by atoms with Crippen molar-refractivity contribution in [2.75, 3.05) is 25.0 Å². The third-order valence-electron chi connectivity index (χ3n) is 5.29. The fraction of sp³-hybridized carbons (Fsp3) is 0.632. The first-order valence-corrected chi connectivity index (χ1v) is 9.66. The molecule has 142 valence electrons. The van der Waals surface area contributed by atoms with E-state index in [0.29, 0.717) is 11.7 Å². The summed E-state index contributed by atoms with van der Waals surface area (Å²) in [5.41, 5.74) is 2.11. The lowest BCUT2D eigenvalue weighted by atomic mass is 9.88. The largest absolute Gasteiger partial charge is 0.365 e. The lowest BCUT2D eigenvalue weighted by molar-refractivity contribution is -0.124. The minimum Gasteiger partial charge on any atom is -0.365 e. The van der Waals surface area contributed by atoms with Crippen molar-refractivity contribution in [1.29, 1.82) is 0 Å². The number of carbonyl (C=O) groups is 1. The van der Waals surface area contributed by atoms with Crippen LogP contribution in [0.3, 0.4) is 0 Å². The van der Waals surface area contributed by atoms with Gasteiger partial charge in [0.1, 0.15) is 5.82 Å². The summed E-state index contributed by atoms with van der Waals surface area (Å²) in [6, 6.07) is 0.406. The number of rotatable bonds is 6. The summed E-state index contributed by atoms with van der Waals surface area (Å²) >= 11 is 0. The molecule has 1 amide bonds. The molecular weight excluding hydrogens is 330 g/mol. The summed E-state index contributed by atoms with van der Waals surface area (Å²) in [6.45, 7) is 3.51. The maximum Gasteiger partial charge on any atom is 0.267 e. The number of hydroxylamine groups is 1. The molecule has 2 fully saturated rings. The first kappa shape index (κ1) is 18.8. The zero-order chi connectivity index (χ0) is 18.2. The molecule has 1 saturated carbocycles. The number of anilines is 1. The number of hydrogen-bond donors (Lipinski definition) is 3. The number of nitrogens with one attached hydrogen (secondary N) is 2. The van der Waals surface area contributed by atoms with Crippen LogP contribution in [-0.2, 0) is 4.79 Å². The molecule has 1 saturated heterocycles. The number of carbonyl (C=O) groups excluding carboxylic acids is 1. The Bertz CT molecular complexity index is 598. The van der Waals surface area contributed by atoms with E-state index < -0.39 is 5.91 Å². The SMILES string of the molecule is O=C(C=Cc1cnc(N[C@@H]2CCCN(CC3CCCCC3)C2)cn1)NO. The first-order valence-electron chi connectivity index (χ1n) is 9.66. The van der Waals surface area contributed by atoms with Crippen LogP contribution in [0.15, 0.2) is 18.5 Å². The van der Waals surface area contributed by atoms with Gasteiger partial charge < -0.3 is 10.2 Å². The van der Waals surface area contributed by atoms with E-state index in [1.54, 1.807) is 17.9 Å². The van der Waals surface area contributed by atoms with E-state index in [2.05, 4.69) is 20.2 Å². The number of aromatic nitrogens is 2. The van der Waals surface area contributed by atoms with E-state index in [-0.39, 0.29) is 0 Å². The van der Waals surface area contributed by atoms with Crippen LogP contribution in [-0.4, -0.2) is 51.7 Å². The van der Waals surface area contributed by atoms with Gasteiger partial charge in [-0.1, -0.05) is 19.3 Å². The second kappa shape index (κ2) is 9.64. The lowest BCUT2D eigenvalue weighted by Gasteiger charge is -2.36. The highest BCUT2D eigenvalue weighted by Gasteiger charge is 2.23. The second-order valence-corrected chi connectivity index (χ2v) is 7.38. The van der Waals surface area contributed by atoms with Gasteiger partial charge in [-0.15, -0.1) is 0 Å². The molecule has 0 radical (unpaired) electrons. The standard InChI is InChI=1S/C19H29N5O2/c25-19(23-26)9-8-16-11-21-18(12-20-16)22-17-7-4-10-24(14-17)13-15-5-2-1-3-6-15/h8-9,11-12,15,17,26H,1-7,10,13-14H2,(H,21,22)(H,23,25)/t17-/m1/s1. The third kappa shape index (κ3) is 5.78. The molecule has 7 nitrogen and oxygen atoms in total. The average molecular weight is 359 g/mol. The molecule has 3 N–H and O–H groups in total. The Morgan fingerprint density at radius 2 is 2.04 bits per heavy atom. The van der Waals surface area contributed by atoms with Gasteiger partial charge in [-0.25, -0.2) is 10.5 Å². The molecule has 0 bridgehead atoms. The van der Waals surface area contributed by atoms with Crippen LogP contribution in [0.1, 0.15) is 50.6 Å². The topological polar surface area (TPSA) is 90.4 Å². The summed E-state index contributed by atoms with van der Waals surface area (Å²) in [5.74, 6) is 1.05. The van der Waals surface area contributed by atoms with Gasteiger partial charge in [0, 0.05) is 25.2 Å². The molecule has 3 rings (SSSR count). The lowest BCUT2D eigenvalue weighted by Crippen LogP contribution is -2.44. The zero-order valence-electron chi connectivity index (χ0n) is 15.2. The van der Waals surface area contributed by atoms with Crippen molar-refractivity contribution in [1.82, 2.24) is 20.3 Å². The molecular formula is C19H29N5O2. The average Bonchev–Trinajstić information content (AvgIpc) is 2.68. The molecule has 0 unspecified atom stereocenters. The molecule has 1 atom stereocenters.